The number of esters is 1. The van der Waals surface area contributed by atoms with Crippen LogP contribution >= 0.6 is 11.6 Å². The molecule has 0 spiro atoms. The van der Waals surface area contributed by atoms with Gasteiger partial charge in [0.15, 0.2) is 0 Å². The third-order valence-corrected chi connectivity index (χ3v) is 5.28. The number of carbonyl (C=O) groups excluding carboxylic acids is 1. The predicted molar refractivity (Wildman–Crippen MR) is 87.8 cm³/mol. The third-order valence-electron chi connectivity index (χ3n) is 3.22. The van der Waals surface area contributed by atoms with E-state index < -0.39 is 27.4 Å². The van der Waals surface area contributed by atoms with Crippen molar-refractivity contribution in [2.45, 2.75) is 11.5 Å². The first kappa shape index (κ1) is 18.4. The van der Waals surface area contributed by atoms with Gasteiger partial charge < -0.3 is 4.74 Å². The molecular weight excluding hydrogens is 357 g/mol. The molecule has 0 saturated carbocycles. The topological polar surface area (TPSA) is 63.7 Å². The summed E-state index contributed by atoms with van der Waals surface area (Å²) in [5, 5.41) is 0.540. The Kier molecular flexibility index (Phi) is 5.58. The van der Waals surface area contributed by atoms with E-state index in [9.17, 15) is 17.6 Å². The summed E-state index contributed by atoms with van der Waals surface area (Å²) in [6.45, 7) is -0.0832. The molecule has 0 atom stereocenters. The molecule has 0 aliphatic heterocycles. The van der Waals surface area contributed by atoms with Crippen LogP contribution in [-0.4, -0.2) is 32.8 Å². The number of carbonyl (C=O) groups is 1. The Balaban J connectivity index is 2.21. The van der Waals surface area contributed by atoms with Crippen molar-refractivity contribution in [1.29, 1.82) is 0 Å². The number of nitrogens with zero attached hydrogens (tertiary/aromatic N) is 1. The molecule has 5 nitrogen and oxygen atoms in total. The summed E-state index contributed by atoms with van der Waals surface area (Å²) >= 11 is 5.76. The molecule has 2 aromatic carbocycles. The minimum Gasteiger partial charge on any atom is -0.457 e. The predicted octanol–water partition coefficient (Wildman–Crippen LogP) is 3.09. The van der Waals surface area contributed by atoms with Gasteiger partial charge in [-0.1, -0.05) is 23.7 Å². The van der Waals surface area contributed by atoms with Crippen molar-refractivity contribution >= 4 is 27.6 Å². The normalized spacial score (nSPS) is 11.5. The third kappa shape index (κ3) is 4.11. The minimum atomic E-state index is -3.78. The van der Waals surface area contributed by atoms with Gasteiger partial charge in [-0.15, -0.1) is 0 Å². The molecule has 8 heteroatoms. The average molecular weight is 372 g/mol. The zero-order chi connectivity index (χ0) is 17.9. The highest BCUT2D eigenvalue weighted by Crippen LogP contribution is 2.19. The second kappa shape index (κ2) is 7.29. The van der Waals surface area contributed by atoms with E-state index >= 15 is 0 Å². The van der Waals surface area contributed by atoms with E-state index in [1.807, 2.05) is 0 Å². The van der Waals surface area contributed by atoms with Crippen LogP contribution in [0.3, 0.4) is 0 Å². The maximum atomic E-state index is 13.9. The summed E-state index contributed by atoms with van der Waals surface area (Å²) in [5.74, 6) is -1.80. The highest BCUT2D eigenvalue weighted by atomic mass is 35.5. The molecule has 0 amide bonds. The fourth-order valence-corrected chi connectivity index (χ4v) is 2.89. The molecule has 2 aromatic rings. The van der Waals surface area contributed by atoms with Gasteiger partial charge in [0.2, 0.25) is 10.0 Å². The Bertz CT molecular complexity index is 851. The Morgan fingerprint density at radius 3 is 2.38 bits per heavy atom. The molecular formula is C16H15ClFNO4S. The van der Waals surface area contributed by atoms with Crippen LogP contribution in [0.5, 0.6) is 0 Å². The summed E-state index contributed by atoms with van der Waals surface area (Å²) in [7, 11) is -1.09. The van der Waals surface area contributed by atoms with Crippen molar-refractivity contribution in [2.75, 3.05) is 14.1 Å². The molecule has 0 aromatic heterocycles. The Morgan fingerprint density at radius 1 is 1.17 bits per heavy atom. The van der Waals surface area contributed by atoms with E-state index in [1.54, 1.807) is 24.3 Å². The molecule has 0 N–H and O–H groups in total. The van der Waals surface area contributed by atoms with Gasteiger partial charge in [0.05, 0.1) is 10.5 Å². The average Bonchev–Trinajstić information content (AvgIpc) is 2.54. The molecule has 0 heterocycles. The molecule has 2 rings (SSSR count). The number of benzene rings is 2. The maximum Gasteiger partial charge on any atom is 0.341 e. The van der Waals surface area contributed by atoms with Gasteiger partial charge >= 0.3 is 5.97 Å². The van der Waals surface area contributed by atoms with Gasteiger partial charge in [0.25, 0.3) is 0 Å². The van der Waals surface area contributed by atoms with Crippen molar-refractivity contribution in [1.82, 2.24) is 4.31 Å². The fraction of sp³-hybridized carbons (Fsp3) is 0.188. The molecule has 0 radical (unpaired) electrons. The van der Waals surface area contributed by atoms with E-state index in [2.05, 4.69) is 0 Å². The van der Waals surface area contributed by atoms with Crippen LogP contribution < -0.4 is 0 Å². The monoisotopic (exact) mass is 371 g/mol. The van der Waals surface area contributed by atoms with Gasteiger partial charge in [0, 0.05) is 19.1 Å². The zero-order valence-corrected chi connectivity index (χ0v) is 14.6. The van der Waals surface area contributed by atoms with E-state index in [0.29, 0.717) is 10.6 Å². The molecule has 0 aliphatic rings. The van der Waals surface area contributed by atoms with Crippen LogP contribution in [0.4, 0.5) is 4.39 Å². The molecule has 0 aliphatic carbocycles. The summed E-state index contributed by atoms with van der Waals surface area (Å²) in [4.78, 5) is 11.9. The molecule has 24 heavy (non-hydrogen) atoms. The molecule has 0 fully saturated rings. The van der Waals surface area contributed by atoms with Crippen molar-refractivity contribution in [3.05, 3.63) is 64.4 Å². The highest BCUT2D eigenvalue weighted by Gasteiger charge is 2.22. The number of hydrogen-bond acceptors (Lipinski definition) is 4. The van der Waals surface area contributed by atoms with Gasteiger partial charge in [0.1, 0.15) is 12.4 Å². The second-order valence-electron chi connectivity index (χ2n) is 5.13. The van der Waals surface area contributed by atoms with Crippen molar-refractivity contribution in [3.8, 4) is 0 Å². The molecule has 128 valence electrons. The number of ether oxygens (including phenoxy) is 1. The largest absolute Gasteiger partial charge is 0.457 e. The summed E-state index contributed by atoms with van der Waals surface area (Å²) in [6.07, 6.45) is 0. The lowest BCUT2D eigenvalue weighted by Gasteiger charge is -2.12. The number of halogens is 2. The lowest BCUT2D eigenvalue weighted by atomic mass is 10.2. The summed E-state index contributed by atoms with van der Waals surface area (Å²) in [5.41, 5.74) is 0.233. The lowest BCUT2D eigenvalue weighted by Crippen LogP contribution is -2.22. The first-order valence-electron chi connectivity index (χ1n) is 6.85. The van der Waals surface area contributed by atoms with Crippen molar-refractivity contribution in [2.24, 2.45) is 0 Å². The van der Waals surface area contributed by atoms with Crippen molar-refractivity contribution < 1.29 is 22.3 Å². The maximum absolute atomic E-state index is 13.9. The first-order valence-corrected chi connectivity index (χ1v) is 8.67. The molecule has 0 saturated heterocycles. The Hall–Kier alpha value is -1.96. The van der Waals surface area contributed by atoms with E-state index in [0.717, 1.165) is 22.5 Å². The van der Waals surface area contributed by atoms with E-state index in [4.69, 9.17) is 16.3 Å². The smallest absolute Gasteiger partial charge is 0.341 e. The fourth-order valence-electron chi connectivity index (χ4n) is 1.84. The Labute approximate surface area is 144 Å². The molecule has 0 bridgehead atoms. The number of rotatable bonds is 5. The highest BCUT2D eigenvalue weighted by molar-refractivity contribution is 7.89. The minimum absolute atomic E-state index is 0.0832. The van der Waals surface area contributed by atoms with Crippen LogP contribution in [0, 0.1) is 5.82 Å². The first-order chi connectivity index (χ1) is 11.2. The van der Waals surface area contributed by atoms with Gasteiger partial charge in [-0.2, -0.15) is 0 Å². The lowest BCUT2D eigenvalue weighted by molar-refractivity contribution is 0.0467. The second-order valence-corrected chi connectivity index (χ2v) is 7.72. The Morgan fingerprint density at radius 2 is 1.79 bits per heavy atom. The number of hydrogen-bond donors (Lipinski definition) is 0. The van der Waals surface area contributed by atoms with Gasteiger partial charge in [-0.05, 0) is 35.9 Å². The van der Waals surface area contributed by atoms with E-state index in [-0.39, 0.29) is 11.5 Å². The standard InChI is InChI=1S/C16H15ClFNO4S/c1-19(2)24(21,22)13-7-8-15(18)14(9-13)16(20)23-10-11-3-5-12(17)6-4-11/h3-9H,10H2,1-2H3. The summed E-state index contributed by atoms with van der Waals surface area (Å²) in [6, 6.07) is 9.59. The molecule has 0 unspecified atom stereocenters. The van der Waals surface area contributed by atoms with Crippen LogP contribution in [0.25, 0.3) is 0 Å². The van der Waals surface area contributed by atoms with Crippen LogP contribution in [0.1, 0.15) is 15.9 Å². The van der Waals surface area contributed by atoms with E-state index in [1.165, 1.54) is 14.1 Å². The van der Waals surface area contributed by atoms with Gasteiger partial charge in [-0.3, -0.25) is 0 Å². The summed E-state index contributed by atoms with van der Waals surface area (Å²) < 4.78 is 44.0. The van der Waals surface area contributed by atoms with Crippen LogP contribution in [0.15, 0.2) is 47.4 Å². The van der Waals surface area contributed by atoms with Crippen LogP contribution in [0.2, 0.25) is 5.02 Å². The number of sulfonamides is 1. The van der Waals surface area contributed by atoms with Crippen molar-refractivity contribution in [3.63, 3.8) is 0 Å². The quantitative estimate of drug-likeness (QED) is 0.758. The van der Waals surface area contributed by atoms with Crippen LogP contribution in [-0.2, 0) is 21.4 Å². The zero-order valence-electron chi connectivity index (χ0n) is 13.0. The van der Waals surface area contributed by atoms with Gasteiger partial charge in [-0.25, -0.2) is 21.9 Å². The SMILES string of the molecule is CN(C)S(=O)(=O)c1ccc(F)c(C(=O)OCc2ccc(Cl)cc2)c1.